The first kappa shape index (κ1) is 17.0. The number of nitrogens with zero attached hydrogens (tertiary/aromatic N) is 1. The van der Waals surface area contributed by atoms with E-state index < -0.39 is 0 Å². The lowest BCUT2D eigenvalue weighted by molar-refractivity contribution is 0.0937. The number of halogens is 1. The largest absolute Gasteiger partial charge is 0.350 e. The smallest absolute Gasteiger partial charge is 0.251 e. The summed E-state index contributed by atoms with van der Waals surface area (Å²) in [6, 6.07) is 3.64. The number of amides is 1. The predicted molar refractivity (Wildman–Crippen MR) is 84.2 cm³/mol. The van der Waals surface area contributed by atoms with Gasteiger partial charge in [-0.05, 0) is 44.2 Å². The second-order valence-corrected chi connectivity index (χ2v) is 6.15. The Kier molecular flexibility index (Phi) is 7.00. The summed E-state index contributed by atoms with van der Waals surface area (Å²) < 4.78 is 0. The van der Waals surface area contributed by atoms with E-state index in [0.29, 0.717) is 16.6 Å². The van der Waals surface area contributed by atoms with Crippen LogP contribution in [-0.4, -0.2) is 16.9 Å². The summed E-state index contributed by atoms with van der Waals surface area (Å²) in [5.41, 5.74) is 1.48. The number of hydrogen-bond donors (Lipinski definition) is 1. The molecule has 1 N–H and O–H groups in total. The van der Waals surface area contributed by atoms with Crippen LogP contribution in [0.2, 0.25) is 5.15 Å². The average molecular weight is 297 g/mol. The van der Waals surface area contributed by atoms with Crippen LogP contribution in [0, 0.1) is 5.92 Å². The fourth-order valence-corrected chi connectivity index (χ4v) is 2.26. The number of carbonyl (C=O) groups is 1. The molecule has 1 rings (SSSR count). The molecule has 1 amide bonds. The third-order valence-corrected chi connectivity index (χ3v) is 3.36. The Hall–Kier alpha value is -1.09. The van der Waals surface area contributed by atoms with E-state index in [9.17, 15) is 4.79 Å². The van der Waals surface area contributed by atoms with Gasteiger partial charge >= 0.3 is 0 Å². The van der Waals surface area contributed by atoms with E-state index in [1.165, 1.54) is 0 Å². The number of carbonyl (C=O) groups excluding carboxylic acids is 1. The van der Waals surface area contributed by atoms with E-state index in [0.717, 1.165) is 31.4 Å². The standard InChI is InChI=1S/C16H25ClN2O/c1-5-6-14-9-13(10-15(17)19-14)16(20)18-12(4)8-7-11(2)3/h9-12H,5-8H2,1-4H3,(H,18,20). The van der Waals surface area contributed by atoms with Gasteiger partial charge in [-0.2, -0.15) is 0 Å². The van der Waals surface area contributed by atoms with Crippen LogP contribution >= 0.6 is 11.6 Å². The van der Waals surface area contributed by atoms with Crippen LogP contribution in [0.1, 0.15) is 63.0 Å². The molecule has 0 aliphatic carbocycles. The van der Waals surface area contributed by atoms with Gasteiger partial charge in [0.15, 0.2) is 0 Å². The minimum atomic E-state index is -0.0668. The third-order valence-electron chi connectivity index (χ3n) is 3.17. The average Bonchev–Trinajstić information content (AvgIpc) is 2.36. The van der Waals surface area contributed by atoms with Crippen molar-refractivity contribution in [2.45, 2.75) is 59.4 Å². The van der Waals surface area contributed by atoms with Gasteiger partial charge in [0.1, 0.15) is 5.15 Å². The number of nitrogens with one attached hydrogen (secondary N) is 1. The van der Waals surface area contributed by atoms with E-state index in [2.05, 4.69) is 31.1 Å². The summed E-state index contributed by atoms with van der Waals surface area (Å²) >= 11 is 5.98. The SMILES string of the molecule is CCCc1cc(C(=O)NC(C)CCC(C)C)cc(Cl)n1. The van der Waals surface area contributed by atoms with Crippen LogP contribution in [0.15, 0.2) is 12.1 Å². The Morgan fingerprint density at radius 2 is 2.00 bits per heavy atom. The van der Waals surface area contributed by atoms with Gasteiger partial charge in [-0.1, -0.05) is 38.8 Å². The maximum absolute atomic E-state index is 12.2. The maximum Gasteiger partial charge on any atom is 0.251 e. The fourth-order valence-electron chi connectivity index (χ4n) is 2.03. The highest BCUT2D eigenvalue weighted by Gasteiger charge is 2.12. The summed E-state index contributed by atoms with van der Waals surface area (Å²) in [7, 11) is 0. The lowest BCUT2D eigenvalue weighted by atomic mass is 10.0. The molecule has 0 fully saturated rings. The molecule has 1 aromatic rings. The Labute approximate surface area is 127 Å². The molecule has 20 heavy (non-hydrogen) atoms. The van der Waals surface area contributed by atoms with E-state index in [1.807, 2.05) is 13.0 Å². The number of hydrogen-bond acceptors (Lipinski definition) is 2. The highest BCUT2D eigenvalue weighted by atomic mass is 35.5. The molecular weight excluding hydrogens is 272 g/mol. The van der Waals surface area contributed by atoms with Crippen molar-refractivity contribution in [1.29, 1.82) is 0 Å². The van der Waals surface area contributed by atoms with Crippen molar-refractivity contribution in [3.8, 4) is 0 Å². The molecule has 0 radical (unpaired) electrons. The van der Waals surface area contributed by atoms with Gasteiger partial charge in [0.05, 0.1) is 0 Å². The highest BCUT2D eigenvalue weighted by molar-refractivity contribution is 6.29. The molecule has 4 heteroatoms. The van der Waals surface area contributed by atoms with Crippen LogP contribution < -0.4 is 5.32 Å². The topological polar surface area (TPSA) is 42.0 Å². The van der Waals surface area contributed by atoms with Gasteiger partial charge < -0.3 is 5.32 Å². The minimum absolute atomic E-state index is 0.0668. The van der Waals surface area contributed by atoms with Crippen LogP contribution in [0.5, 0.6) is 0 Å². The summed E-state index contributed by atoms with van der Waals surface area (Å²) in [6.07, 6.45) is 3.92. The first-order valence-electron chi connectivity index (χ1n) is 7.39. The second kappa shape index (κ2) is 8.25. The zero-order valence-electron chi connectivity index (χ0n) is 12.9. The summed E-state index contributed by atoms with van der Waals surface area (Å²) in [5, 5.41) is 3.41. The second-order valence-electron chi connectivity index (χ2n) is 5.77. The zero-order valence-corrected chi connectivity index (χ0v) is 13.6. The van der Waals surface area contributed by atoms with E-state index in [1.54, 1.807) is 6.07 Å². The molecule has 1 atom stereocenters. The molecule has 0 spiro atoms. The predicted octanol–water partition coefficient (Wildman–Crippen LogP) is 4.24. The zero-order chi connectivity index (χ0) is 15.1. The molecule has 0 aliphatic rings. The third kappa shape index (κ3) is 5.91. The van der Waals surface area contributed by atoms with Gasteiger partial charge in [0.25, 0.3) is 5.91 Å². The fraction of sp³-hybridized carbons (Fsp3) is 0.625. The molecule has 1 unspecified atom stereocenters. The van der Waals surface area contributed by atoms with Crippen LogP contribution in [-0.2, 0) is 6.42 Å². The molecule has 0 saturated carbocycles. The number of aromatic nitrogens is 1. The number of aryl methyl sites for hydroxylation is 1. The summed E-state index contributed by atoms with van der Waals surface area (Å²) in [6.45, 7) is 8.49. The first-order chi connectivity index (χ1) is 9.42. The van der Waals surface area contributed by atoms with Crippen molar-refractivity contribution in [3.63, 3.8) is 0 Å². The van der Waals surface area contributed by atoms with Crippen molar-refractivity contribution in [2.24, 2.45) is 5.92 Å². The van der Waals surface area contributed by atoms with Gasteiger partial charge in [-0.25, -0.2) is 4.98 Å². The van der Waals surface area contributed by atoms with Crippen LogP contribution in [0.4, 0.5) is 0 Å². The molecule has 112 valence electrons. The Balaban J connectivity index is 2.67. The van der Waals surface area contributed by atoms with Crippen molar-refractivity contribution >= 4 is 17.5 Å². The molecule has 0 aromatic carbocycles. The normalized spacial score (nSPS) is 12.5. The van der Waals surface area contributed by atoms with Gasteiger partial charge in [0.2, 0.25) is 0 Å². The lowest BCUT2D eigenvalue weighted by Gasteiger charge is -2.15. The van der Waals surface area contributed by atoms with Crippen molar-refractivity contribution in [2.75, 3.05) is 0 Å². The van der Waals surface area contributed by atoms with Crippen molar-refractivity contribution < 1.29 is 4.79 Å². The summed E-state index contributed by atoms with van der Waals surface area (Å²) in [5.74, 6) is 0.587. The quantitative estimate of drug-likeness (QED) is 0.765. The molecular formula is C16H25ClN2O. The Morgan fingerprint density at radius 3 is 2.60 bits per heavy atom. The highest BCUT2D eigenvalue weighted by Crippen LogP contribution is 2.13. The van der Waals surface area contributed by atoms with E-state index >= 15 is 0 Å². The maximum atomic E-state index is 12.2. The molecule has 1 aromatic heterocycles. The number of pyridine rings is 1. The molecule has 0 bridgehead atoms. The lowest BCUT2D eigenvalue weighted by Crippen LogP contribution is -2.32. The molecule has 1 heterocycles. The van der Waals surface area contributed by atoms with Crippen LogP contribution in [0.25, 0.3) is 0 Å². The molecule has 3 nitrogen and oxygen atoms in total. The molecule has 0 saturated heterocycles. The Bertz CT molecular complexity index is 446. The van der Waals surface area contributed by atoms with Gasteiger partial charge in [-0.15, -0.1) is 0 Å². The van der Waals surface area contributed by atoms with Gasteiger partial charge in [0, 0.05) is 17.3 Å². The Morgan fingerprint density at radius 1 is 1.30 bits per heavy atom. The monoisotopic (exact) mass is 296 g/mol. The van der Waals surface area contributed by atoms with Gasteiger partial charge in [-0.3, -0.25) is 4.79 Å². The number of rotatable bonds is 7. The minimum Gasteiger partial charge on any atom is -0.350 e. The first-order valence-corrected chi connectivity index (χ1v) is 7.77. The van der Waals surface area contributed by atoms with E-state index in [4.69, 9.17) is 11.6 Å². The summed E-state index contributed by atoms with van der Waals surface area (Å²) in [4.78, 5) is 16.4. The van der Waals surface area contributed by atoms with Crippen molar-refractivity contribution in [1.82, 2.24) is 10.3 Å². The molecule has 0 aliphatic heterocycles. The van der Waals surface area contributed by atoms with Crippen molar-refractivity contribution in [3.05, 3.63) is 28.5 Å². The van der Waals surface area contributed by atoms with E-state index in [-0.39, 0.29) is 11.9 Å². The van der Waals surface area contributed by atoms with Crippen LogP contribution in [0.3, 0.4) is 0 Å².